The lowest BCUT2D eigenvalue weighted by Gasteiger charge is -2.27. The third-order valence-corrected chi connectivity index (χ3v) is 5.05. The zero-order valence-corrected chi connectivity index (χ0v) is 16.5. The van der Waals surface area contributed by atoms with Gasteiger partial charge >= 0.3 is 0 Å². The highest BCUT2D eigenvalue weighted by Gasteiger charge is 2.29. The zero-order chi connectivity index (χ0) is 19.4. The molecule has 0 radical (unpaired) electrons. The van der Waals surface area contributed by atoms with Gasteiger partial charge in [0.2, 0.25) is 0 Å². The van der Waals surface area contributed by atoms with Gasteiger partial charge in [0.25, 0.3) is 0 Å². The Morgan fingerprint density at radius 1 is 1.07 bits per heavy atom. The number of methoxy groups -OCH3 is 2. The Hall–Kier alpha value is -2.53. The van der Waals surface area contributed by atoms with Gasteiger partial charge in [-0.05, 0) is 30.3 Å². The topological polar surface area (TPSA) is 48.0 Å². The SMILES string of the molecule is CCN(CC)Cc1cccc(C2CC(=O)c3cc(OC)c(OC)cc3O2)c1. The number of carbonyl (C=O) groups excluding carboxylic acids is 1. The van der Waals surface area contributed by atoms with Gasteiger partial charge in [0.1, 0.15) is 11.9 Å². The van der Waals surface area contributed by atoms with Crippen LogP contribution in [0.2, 0.25) is 0 Å². The van der Waals surface area contributed by atoms with E-state index in [1.807, 2.05) is 12.1 Å². The minimum absolute atomic E-state index is 0.0522. The van der Waals surface area contributed by atoms with E-state index < -0.39 is 0 Å². The molecule has 0 fully saturated rings. The van der Waals surface area contributed by atoms with Crippen molar-refractivity contribution in [3.05, 3.63) is 53.1 Å². The number of hydrogen-bond acceptors (Lipinski definition) is 5. The van der Waals surface area contributed by atoms with E-state index in [0.717, 1.165) is 25.2 Å². The largest absolute Gasteiger partial charge is 0.493 e. The Bertz CT molecular complexity index is 814. The molecule has 0 saturated heterocycles. The maximum absolute atomic E-state index is 12.7. The maximum Gasteiger partial charge on any atom is 0.170 e. The molecule has 27 heavy (non-hydrogen) atoms. The van der Waals surface area contributed by atoms with Crippen LogP contribution in [0.25, 0.3) is 0 Å². The van der Waals surface area contributed by atoms with Gasteiger partial charge in [-0.1, -0.05) is 38.1 Å². The van der Waals surface area contributed by atoms with E-state index in [0.29, 0.717) is 29.2 Å². The van der Waals surface area contributed by atoms with Crippen LogP contribution in [0.4, 0.5) is 0 Å². The second-order valence-electron chi connectivity index (χ2n) is 6.64. The lowest BCUT2D eigenvalue weighted by molar-refractivity contribution is 0.0848. The summed E-state index contributed by atoms with van der Waals surface area (Å²) in [7, 11) is 3.13. The number of hydrogen-bond donors (Lipinski definition) is 0. The molecule has 1 aliphatic heterocycles. The molecule has 5 nitrogen and oxygen atoms in total. The summed E-state index contributed by atoms with van der Waals surface area (Å²) in [6.45, 7) is 7.23. The highest BCUT2D eigenvalue weighted by Crippen LogP contribution is 2.41. The Morgan fingerprint density at radius 3 is 2.44 bits per heavy atom. The van der Waals surface area contributed by atoms with Crippen molar-refractivity contribution in [1.29, 1.82) is 0 Å². The van der Waals surface area contributed by atoms with E-state index in [2.05, 4.69) is 30.9 Å². The summed E-state index contributed by atoms with van der Waals surface area (Å²) in [6.07, 6.45) is 0.0248. The minimum atomic E-state index is -0.292. The number of fused-ring (bicyclic) bond motifs is 1. The van der Waals surface area contributed by atoms with Crippen molar-refractivity contribution in [2.24, 2.45) is 0 Å². The monoisotopic (exact) mass is 369 g/mol. The Labute approximate surface area is 160 Å². The zero-order valence-electron chi connectivity index (χ0n) is 16.5. The first-order chi connectivity index (χ1) is 13.1. The van der Waals surface area contributed by atoms with Crippen molar-refractivity contribution < 1.29 is 19.0 Å². The number of ketones is 1. The molecule has 5 heteroatoms. The quantitative estimate of drug-likeness (QED) is 0.730. The predicted octanol–water partition coefficient (Wildman–Crippen LogP) is 4.25. The van der Waals surface area contributed by atoms with Gasteiger partial charge in [-0.15, -0.1) is 0 Å². The van der Waals surface area contributed by atoms with Crippen LogP contribution in [0.3, 0.4) is 0 Å². The standard InChI is InChI=1S/C22H27NO4/c1-5-23(6-2)14-15-8-7-9-16(10-15)19-12-18(24)17-11-21(25-3)22(26-4)13-20(17)27-19/h7-11,13,19H,5-6,12,14H2,1-4H3. The van der Waals surface area contributed by atoms with Gasteiger partial charge in [-0.25, -0.2) is 0 Å². The highest BCUT2D eigenvalue weighted by atomic mass is 16.5. The third kappa shape index (κ3) is 4.08. The number of ether oxygens (including phenoxy) is 3. The van der Waals surface area contributed by atoms with Gasteiger partial charge in [0, 0.05) is 12.6 Å². The van der Waals surface area contributed by atoms with Crippen LogP contribution in [-0.2, 0) is 6.54 Å². The Balaban J connectivity index is 1.87. The smallest absolute Gasteiger partial charge is 0.170 e. The summed E-state index contributed by atoms with van der Waals surface area (Å²) in [4.78, 5) is 15.1. The number of Topliss-reactive ketones (excluding diaryl/α,β-unsaturated/α-hetero) is 1. The van der Waals surface area contributed by atoms with Gasteiger partial charge in [-0.2, -0.15) is 0 Å². The first-order valence-electron chi connectivity index (χ1n) is 9.36. The first-order valence-corrected chi connectivity index (χ1v) is 9.36. The lowest BCUT2D eigenvalue weighted by atomic mass is 9.95. The number of carbonyl (C=O) groups is 1. The fourth-order valence-electron chi connectivity index (χ4n) is 3.43. The van der Waals surface area contributed by atoms with Crippen LogP contribution in [0.5, 0.6) is 17.2 Å². The maximum atomic E-state index is 12.7. The van der Waals surface area contributed by atoms with Crippen LogP contribution >= 0.6 is 0 Å². The fraction of sp³-hybridized carbons (Fsp3) is 0.409. The summed E-state index contributed by atoms with van der Waals surface area (Å²) in [6, 6.07) is 11.7. The van der Waals surface area contributed by atoms with Crippen molar-refractivity contribution in [1.82, 2.24) is 4.90 Å². The molecule has 1 aliphatic rings. The van der Waals surface area contributed by atoms with E-state index in [1.54, 1.807) is 26.4 Å². The van der Waals surface area contributed by atoms with Crippen molar-refractivity contribution in [2.75, 3.05) is 27.3 Å². The molecular weight excluding hydrogens is 342 g/mol. The Morgan fingerprint density at radius 2 is 1.78 bits per heavy atom. The summed E-state index contributed by atoms with van der Waals surface area (Å²) in [5.74, 6) is 1.69. The summed E-state index contributed by atoms with van der Waals surface area (Å²) in [5, 5.41) is 0. The second-order valence-corrected chi connectivity index (χ2v) is 6.64. The molecule has 0 amide bonds. The van der Waals surface area contributed by atoms with Crippen LogP contribution in [0, 0.1) is 0 Å². The van der Waals surface area contributed by atoms with Crippen molar-refractivity contribution >= 4 is 5.78 Å². The molecule has 3 rings (SSSR count). The Kier molecular flexibility index (Phi) is 6.01. The molecule has 0 N–H and O–H groups in total. The van der Waals surface area contributed by atoms with Crippen LogP contribution in [-0.4, -0.2) is 38.0 Å². The highest BCUT2D eigenvalue weighted by molar-refractivity contribution is 6.00. The average molecular weight is 369 g/mol. The number of benzene rings is 2. The van der Waals surface area contributed by atoms with Crippen molar-refractivity contribution in [2.45, 2.75) is 32.9 Å². The molecule has 1 atom stereocenters. The van der Waals surface area contributed by atoms with E-state index in [4.69, 9.17) is 14.2 Å². The van der Waals surface area contributed by atoms with Gasteiger partial charge < -0.3 is 14.2 Å². The number of rotatable bonds is 7. The molecule has 2 aromatic rings. The molecule has 0 spiro atoms. The van der Waals surface area contributed by atoms with Crippen molar-refractivity contribution in [3.8, 4) is 17.2 Å². The van der Waals surface area contributed by atoms with Gasteiger partial charge in [0.15, 0.2) is 17.3 Å². The lowest BCUT2D eigenvalue weighted by Crippen LogP contribution is -2.23. The van der Waals surface area contributed by atoms with E-state index >= 15 is 0 Å². The molecule has 0 aliphatic carbocycles. The van der Waals surface area contributed by atoms with E-state index in [9.17, 15) is 4.79 Å². The number of nitrogens with zero attached hydrogens (tertiary/aromatic N) is 1. The molecule has 2 aromatic carbocycles. The van der Waals surface area contributed by atoms with Gasteiger partial charge in [-0.3, -0.25) is 9.69 Å². The summed E-state index contributed by atoms with van der Waals surface area (Å²) in [5.41, 5.74) is 2.79. The second kappa shape index (κ2) is 8.44. The van der Waals surface area contributed by atoms with Gasteiger partial charge in [0.05, 0.1) is 26.2 Å². The molecule has 144 valence electrons. The molecule has 0 aromatic heterocycles. The predicted molar refractivity (Wildman–Crippen MR) is 105 cm³/mol. The fourth-order valence-corrected chi connectivity index (χ4v) is 3.43. The minimum Gasteiger partial charge on any atom is -0.493 e. The molecule has 0 saturated carbocycles. The van der Waals surface area contributed by atoms with Crippen LogP contribution < -0.4 is 14.2 Å². The molecule has 1 heterocycles. The summed E-state index contributed by atoms with van der Waals surface area (Å²) >= 11 is 0. The first kappa shape index (κ1) is 19.2. The average Bonchev–Trinajstić information content (AvgIpc) is 2.71. The van der Waals surface area contributed by atoms with E-state index in [1.165, 1.54) is 5.56 Å². The molecular formula is C22H27NO4. The van der Waals surface area contributed by atoms with Crippen LogP contribution in [0.1, 0.15) is 47.9 Å². The van der Waals surface area contributed by atoms with Crippen molar-refractivity contribution in [3.63, 3.8) is 0 Å². The molecule has 0 bridgehead atoms. The third-order valence-electron chi connectivity index (χ3n) is 5.05. The van der Waals surface area contributed by atoms with Crippen LogP contribution in [0.15, 0.2) is 36.4 Å². The summed E-state index contributed by atoms with van der Waals surface area (Å²) < 4.78 is 16.8. The normalized spacial score (nSPS) is 16.0. The molecule has 1 unspecified atom stereocenters. The van der Waals surface area contributed by atoms with E-state index in [-0.39, 0.29) is 11.9 Å².